The molecule has 0 aromatic rings. The van der Waals surface area contributed by atoms with Crippen molar-refractivity contribution in [2.45, 2.75) is 58.2 Å². The van der Waals surface area contributed by atoms with Gasteiger partial charge < -0.3 is 9.47 Å². The van der Waals surface area contributed by atoms with Crippen LogP contribution in [0.25, 0.3) is 0 Å². The predicted molar refractivity (Wildman–Crippen MR) is 61.5 cm³/mol. The molecule has 0 aromatic heterocycles. The molecule has 0 spiro atoms. The second-order valence-electron chi connectivity index (χ2n) is 3.90. The van der Waals surface area contributed by atoms with Gasteiger partial charge in [-0.05, 0) is 39.0 Å². The molecule has 0 N–H and O–H groups in total. The van der Waals surface area contributed by atoms with Gasteiger partial charge in [0.05, 0.1) is 0 Å². The third-order valence-corrected chi connectivity index (χ3v) is 2.56. The van der Waals surface area contributed by atoms with Crippen molar-refractivity contribution in [3.05, 3.63) is 0 Å². The standard InChI is InChI=1S/C13H22O2/c1-2-3-4-5-6-8-11-14-13-10-7-9-12-15-13/h13H,4-12H2,1H3. The highest BCUT2D eigenvalue weighted by Crippen LogP contribution is 2.14. The summed E-state index contributed by atoms with van der Waals surface area (Å²) in [5.74, 6) is 5.98. The Bertz CT molecular complexity index is 196. The summed E-state index contributed by atoms with van der Waals surface area (Å²) in [6, 6.07) is 0. The lowest BCUT2D eigenvalue weighted by Crippen LogP contribution is -2.22. The minimum Gasteiger partial charge on any atom is -0.353 e. The van der Waals surface area contributed by atoms with Crippen LogP contribution >= 0.6 is 0 Å². The summed E-state index contributed by atoms with van der Waals surface area (Å²) in [5, 5.41) is 0. The first-order valence-corrected chi connectivity index (χ1v) is 6.06. The van der Waals surface area contributed by atoms with Crippen molar-refractivity contribution >= 4 is 0 Å². The summed E-state index contributed by atoms with van der Waals surface area (Å²) in [6.07, 6.45) is 8.14. The van der Waals surface area contributed by atoms with E-state index >= 15 is 0 Å². The molecule has 0 saturated carbocycles. The molecule has 0 amide bonds. The van der Waals surface area contributed by atoms with Crippen molar-refractivity contribution in [1.82, 2.24) is 0 Å². The average Bonchev–Trinajstić information content (AvgIpc) is 2.29. The highest BCUT2D eigenvalue weighted by atomic mass is 16.7. The lowest BCUT2D eigenvalue weighted by atomic mass is 10.2. The zero-order valence-corrected chi connectivity index (χ0v) is 9.76. The Hall–Kier alpha value is -0.520. The van der Waals surface area contributed by atoms with Crippen LogP contribution in [-0.2, 0) is 9.47 Å². The Morgan fingerprint density at radius 3 is 2.93 bits per heavy atom. The Morgan fingerprint density at radius 1 is 1.27 bits per heavy atom. The Morgan fingerprint density at radius 2 is 2.20 bits per heavy atom. The van der Waals surface area contributed by atoms with Gasteiger partial charge in [-0.25, -0.2) is 0 Å². The summed E-state index contributed by atoms with van der Waals surface area (Å²) in [4.78, 5) is 0. The molecule has 0 bridgehead atoms. The van der Waals surface area contributed by atoms with Gasteiger partial charge >= 0.3 is 0 Å². The number of unbranched alkanes of at least 4 members (excludes halogenated alkanes) is 3. The van der Waals surface area contributed by atoms with Gasteiger partial charge in [0.2, 0.25) is 0 Å². The monoisotopic (exact) mass is 210 g/mol. The molecule has 86 valence electrons. The summed E-state index contributed by atoms with van der Waals surface area (Å²) >= 11 is 0. The van der Waals surface area contributed by atoms with Gasteiger partial charge in [-0.3, -0.25) is 0 Å². The fraction of sp³-hybridized carbons (Fsp3) is 0.846. The van der Waals surface area contributed by atoms with Crippen molar-refractivity contribution < 1.29 is 9.47 Å². The van der Waals surface area contributed by atoms with Crippen LogP contribution in [0.4, 0.5) is 0 Å². The third kappa shape index (κ3) is 6.54. The minimum atomic E-state index is 0.0779. The minimum absolute atomic E-state index is 0.0779. The highest BCUT2D eigenvalue weighted by Gasteiger charge is 2.12. The van der Waals surface area contributed by atoms with Crippen LogP contribution in [0.2, 0.25) is 0 Å². The molecular weight excluding hydrogens is 188 g/mol. The molecule has 15 heavy (non-hydrogen) atoms. The quantitative estimate of drug-likeness (QED) is 0.495. The van der Waals surface area contributed by atoms with Crippen molar-refractivity contribution in [3.63, 3.8) is 0 Å². The maximum Gasteiger partial charge on any atom is 0.157 e. The molecule has 1 rings (SSSR count). The second kappa shape index (κ2) is 8.76. The molecule has 2 heteroatoms. The van der Waals surface area contributed by atoms with Crippen molar-refractivity contribution in [1.29, 1.82) is 0 Å². The summed E-state index contributed by atoms with van der Waals surface area (Å²) in [5.41, 5.74) is 0. The molecule has 1 saturated heterocycles. The van der Waals surface area contributed by atoms with Crippen LogP contribution in [-0.4, -0.2) is 19.5 Å². The first-order valence-electron chi connectivity index (χ1n) is 6.06. The van der Waals surface area contributed by atoms with E-state index in [-0.39, 0.29) is 6.29 Å². The second-order valence-corrected chi connectivity index (χ2v) is 3.90. The fourth-order valence-corrected chi connectivity index (χ4v) is 1.67. The number of hydrogen-bond acceptors (Lipinski definition) is 2. The molecule has 0 aromatic carbocycles. The van der Waals surface area contributed by atoms with Crippen LogP contribution in [0.5, 0.6) is 0 Å². The van der Waals surface area contributed by atoms with Gasteiger partial charge in [0, 0.05) is 19.6 Å². The molecule has 1 aliphatic heterocycles. The molecule has 1 unspecified atom stereocenters. The van der Waals surface area contributed by atoms with Crippen molar-refractivity contribution in [2.75, 3.05) is 13.2 Å². The summed E-state index contributed by atoms with van der Waals surface area (Å²) in [6.45, 7) is 3.60. The summed E-state index contributed by atoms with van der Waals surface area (Å²) in [7, 11) is 0. The van der Waals surface area contributed by atoms with Crippen LogP contribution < -0.4 is 0 Å². The highest BCUT2D eigenvalue weighted by molar-refractivity contribution is 4.94. The lowest BCUT2D eigenvalue weighted by molar-refractivity contribution is -0.162. The maximum absolute atomic E-state index is 5.63. The van der Waals surface area contributed by atoms with E-state index in [2.05, 4.69) is 11.8 Å². The Balaban J connectivity index is 1.85. The Labute approximate surface area is 93.3 Å². The Kier molecular flexibility index (Phi) is 7.33. The van der Waals surface area contributed by atoms with E-state index in [9.17, 15) is 0 Å². The van der Waals surface area contributed by atoms with Crippen LogP contribution in [0, 0.1) is 11.8 Å². The zero-order valence-electron chi connectivity index (χ0n) is 9.76. The van der Waals surface area contributed by atoms with Crippen LogP contribution in [0.3, 0.4) is 0 Å². The fourth-order valence-electron chi connectivity index (χ4n) is 1.67. The molecule has 1 heterocycles. The molecule has 1 aliphatic rings. The van der Waals surface area contributed by atoms with Crippen molar-refractivity contribution in [2.24, 2.45) is 0 Å². The maximum atomic E-state index is 5.63. The predicted octanol–water partition coefficient (Wildman–Crippen LogP) is 3.11. The van der Waals surface area contributed by atoms with Gasteiger partial charge in [-0.15, -0.1) is 11.8 Å². The number of hydrogen-bond donors (Lipinski definition) is 0. The van der Waals surface area contributed by atoms with E-state index in [0.29, 0.717) is 0 Å². The van der Waals surface area contributed by atoms with E-state index in [1.54, 1.807) is 0 Å². The van der Waals surface area contributed by atoms with E-state index in [4.69, 9.17) is 9.47 Å². The largest absolute Gasteiger partial charge is 0.353 e. The van der Waals surface area contributed by atoms with E-state index in [1.165, 1.54) is 25.7 Å². The topological polar surface area (TPSA) is 18.5 Å². The van der Waals surface area contributed by atoms with Gasteiger partial charge in [0.15, 0.2) is 6.29 Å². The van der Waals surface area contributed by atoms with E-state index < -0.39 is 0 Å². The first kappa shape index (κ1) is 12.5. The molecule has 2 nitrogen and oxygen atoms in total. The first-order chi connectivity index (χ1) is 7.43. The van der Waals surface area contributed by atoms with Crippen LogP contribution in [0.1, 0.15) is 51.9 Å². The lowest BCUT2D eigenvalue weighted by Gasteiger charge is -2.22. The van der Waals surface area contributed by atoms with Crippen LogP contribution in [0.15, 0.2) is 0 Å². The zero-order chi connectivity index (χ0) is 10.8. The number of rotatable bonds is 6. The molecule has 1 fully saturated rings. The number of ether oxygens (including phenoxy) is 2. The van der Waals surface area contributed by atoms with Gasteiger partial charge in [-0.2, -0.15) is 0 Å². The van der Waals surface area contributed by atoms with Gasteiger partial charge in [0.25, 0.3) is 0 Å². The molecule has 1 atom stereocenters. The summed E-state index contributed by atoms with van der Waals surface area (Å²) < 4.78 is 11.1. The van der Waals surface area contributed by atoms with Crippen molar-refractivity contribution in [3.8, 4) is 11.8 Å². The van der Waals surface area contributed by atoms with Gasteiger partial charge in [-0.1, -0.05) is 6.42 Å². The smallest absolute Gasteiger partial charge is 0.157 e. The van der Waals surface area contributed by atoms with E-state index in [0.717, 1.165) is 32.5 Å². The molecule has 0 aliphatic carbocycles. The SMILES string of the molecule is CC#CCCCCCOC1CCCCO1. The van der Waals surface area contributed by atoms with Gasteiger partial charge in [0.1, 0.15) is 0 Å². The molecular formula is C13H22O2. The van der Waals surface area contributed by atoms with E-state index in [1.807, 2.05) is 6.92 Å². The molecule has 0 radical (unpaired) electrons. The third-order valence-electron chi connectivity index (χ3n) is 2.56. The average molecular weight is 210 g/mol. The normalized spacial score (nSPS) is 20.7.